The summed E-state index contributed by atoms with van der Waals surface area (Å²) in [5, 5.41) is 24.6. The molecular weight excluding hydrogens is 520 g/mol. The van der Waals surface area contributed by atoms with Crippen molar-refractivity contribution in [2.24, 2.45) is 4.99 Å². The highest BCUT2D eigenvalue weighted by Gasteiger charge is 2.33. The molecule has 0 bridgehead atoms. The van der Waals surface area contributed by atoms with Crippen LogP contribution in [-0.2, 0) is 4.79 Å². The third-order valence-electron chi connectivity index (χ3n) is 6.24. The highest BCUT2D eigenvalue weighted by atomic mass is 32.1. The molecule has 39 heavy (non-hydrogen) atoms. The first-order chi connectivity index (χ1) is 18.8. The third-order valence-corrected chi connectivity index (χ3v) is 7.22. The monoisotopic (exact) mass is 542 g/mol. The summed E-state index contributed by atoms with van der Waals surface area (Å²) in [6.45, 7) is 1.70. The Morgan fingerprint density at radius 2 is 1.90 bits per heavy atom. The molecule has 4 aromatic rings. The fraction of sp³-hybridized carbons (Fsp3) is 0.107. The van der Waals surface area contributed by atoms with Crippen molar-refractivity contribution in [2.75, 3.05) is 12.4 Å². The molecule has 10 nitrogen and oxygen atoms in total. The number of nitrogens with one attached hydrogen (secondary N) is 1. The Bertz CT molecular complexity index is 1820. The van der Waals surface area contributed by atoms with E-state index in [4.69, 9.17) is 4.74 Å². The molecule has 0 aliphatic carbocycles. The van der Waals surface area contributed by atoms with E-state index in [1.807, 2.05) is 6.07 Å². The van der Waals surface area contributed by atoms with Crippen molar-refractivity contribution in [1.29, 1.82) is 0 Å². The molecule has 196 valence electrons. The number of amides is 1. The second-order valence-corrected chi connectivity index (χ2v) is 9.66. The van der Waals surface area contributed by atoms with Gasteiger partial charge in [-0.05, 0) is 42.8 Å². The number of thiazole rings is 1. The zero-order valence-electron chi connectivity index (χ0n) is 20.8. The molecule has 0 fully saturated rings. The number of rotatable bonds is 6. The van der Waals surface area contributed by atoms with Crippen LogP contribution in [0.15, 0.2) is 93.9 Å². The van der Waals surface area contributed by atoms with Gasteiger partial charge in [0.05, 0.1) is 33.9 Å². The summed E-state index contributed by atoms with van der Waals surface area (Å²) in [7, 11) is 1.53. The minimum atomic E-state index is -0.832. The number of nitro benzene ring substituents is 1. The van der Waals surface area contributed by atoms with Crippen LogP contribution in [-0.4, -0.2) is 27.6 Å². The standard InChI is InChI=1S/C28H22N4O6S/c1-16-23(26(34)30-19-10-4-3-5-11-19)24(17-8-6-12-20(14-17)38-2)31-27(35)22(39-28(31)29-16)15-18-9-7-13-21(25(18)33)32(36)37/h3-15,24,33H,1-2H3,(H,30,34). The molecule has 5 rings (SSSR count). The number of hydrogen-bond donors (Lipinski definition) is 2. The number of methoxy groups -OCH3 is 1. The summed E-state index contributed by atoms with van der Waals surface area (Å²) < 4.78 is 7.01. The smallest absolute Gasteiger partial charge is 0.311 e. The summed E-state index contributed by atoms with van der Waals surface area (Å²) in [6, 6.07) is 19.3. The fourth-order valence-corrected chi connectivity index (χ4v) is 5.45. The Balaban J connectivity index is 1.70. The lowest BCUT2D eigenvalue weighted by molar-refractivity contribution is -0.385. The van der Waals surface area contributed by atoms with E-state index in [0.717, 1.165) is 11.3 Å². The number of carbonyl (C=O) groups excluding carboxylic acids is 1. The van der Waals surface area contributed by atoms with Crippen LogP contribution >= 0.6 is 11.3 Å². The molecule has 2 heterocycles. The zero-order valence-corrected chi connectivity index (χ0v) is 21.6. The maximum atomic E-state index is 13.8. The van der Waals surface area contributed by atoms with Crippen molar-refractivity contribution in [3.05, 3.63) is 125 Å². The molecule has 0 spiro atoms. The molecule has 1 aliphatic rings. The van der Waals surface area contributed by atoms with Gasteiger partial charge in [0.15, 0.2) is 4.80 Å². The van der Waals surface area contributed by atoms with Crippen LogP contribution in [0, 0.1) is 10.1 Å². The number of benzene rings is 3. The average Bonchev–Trinajstić information content (AvgIpc) is 3.23. The van der Waals surface area contributed by atoms with E-state index in [0.29, 0.717) is 27.5 Å². The van der Waals surface area contributed by atoms with Crippen LogP contribution < -0.4 is 24.9 Å². The number of nitrogens with zero attached hydrogens (tertiary/aromatic N) is 3. The number of carbonyl (C=O) groups is 1. The van der Waals surface area contributed by atoms with Crippen molar-refractivity contribution in [2.45, 2.75) is 13.0 Å². The second-order valence-electron chi connectivity index (χ2n) is 8.65. The molecule has 1 amide bonds. The number of anilines is 1. The number of phenolic OH excluding ortho intramolecular Hbond substituents is 1. The zero-order chi connectivity index (χ0) is 27.7. The van der Waals surface area contributed by atoms with Gasteiger partial charge in [-0.3, -0.25) is 24.3 Å². The number of nitro groups is 1. The number of fused-ring (bicyclic) bond motifs is 1. The minimum Gasteiger partial charge on any atom is -0.502 e. The van der Waals surface area contributed by atoms with E-state index in [1.54, 1.807) is 55.5 Å². The van der Waals surface area contributed by atoms with Gasteiger partial charge in [0.1, 0.15) is 5.75 Å². The maximum Gasteiger partial charge on any atom is 0.311 e. The van der Waals surface area contributed by atoms with E-state index in [9.17, 15) is 24.8 Å². The number of ether oxygens (including phenoxy) is 1. The summed E-state index contributed by atoms with van der Waals surface area (Å²) in [5.74, 6) is -0.411. The lowest BCUT2D eigenvalue weighted by Crippen LogP contribution is -2.40. The topological polar surface area (TPSA) is 136 Å². The van der Waals surface area contributed by atoms with Crippen LogP contribution in [0.5, 0.6) is 11.5 Å². The quantitative estimate of drug-likeness (QED) is 0.283. The molecule has 2 N–H and O–H groups in total. The van der Waals surface area contributed by atoms with E-state index in [2.05, 4.69) is 10.3 Å². The molecule has 1 atom stereocenters. The molecule has 0 saturated carbocycles. The van der Waals surface area contributed by atoms with E-state index < -0.39 is 33.9 Å². The Morgan fingerprint density at radius 1 is 1.15 bits per heavy atom. The molecular formula is C28H22N4O6S. The minimum absolute atomic E-state index is 0.116. The van der Waals surface area contributed by atoms with Crippen LogP contribution in [0.3, 0.4) is 0 Å². The Hall–Kier alpha value is -5.03. The van der Waals surface area contributed by atoms with E-state index in [1.165, 1.54) is 36.0 Å². The van der Waals surface area contributed by atoms with E-state index in [-0.39, 0.29) is 15.7 Å². The van der Waals surface area contributed by atoms with Crippen LogP contribution in [0.4, 0.5) is 11.4 Å². The third kappa shape index (κ3) is 4.82. The predicted octanol–water partition coefficient (Wildman–Crippen LogP) is 3.50. The number of aromatic nitrogens is 1. The lowest BCUT2D eigenvalue weighted by Gasteiger charge is -2.25. The molecule has 1 aromatic heterocycles. The normalized spacial score (nSPS) is 14.9. The second kappa shape index (κ2) is 10.4. The first-order valence-corrected chi connectivity index (χ1v) is 12.6. The van der Waals surface area contributed by atoms with Gasteiger partial charge >= 0.3 is 5.69 Å². The molecule has 3 aromatic carbocycles. The van der Waals surface area contributed by atoms with Crippen LogP contribution in [0.25, 0.3) is 6.08 Å². The van der Waals surface area contributed by atoms with Crippen molar-refractivity contribution >= 4 is 34.7 Å². The van der Waals surface area contributed by atoms with Crippen molar-refractivity contribution in [3.8, 4) is 11.5 Å². The summed E-state index contributed by atoms with van der Waals surface area (Å²) in [4.78, 5) is 42.9. The van der Waals surface area contributed by atoms with Gasteiger partial charge in [-0.1, -0.05) is 53.8 Å². The van der Waals surface area contributed by atoms with E-state index >= 15 is 0 Å². The average molecular weight is 543 g/mol. The van der Waals surface area contributed by atoms with Crippen molar-refractivity contribution in [3.63, 3.8) is 0 Å². The number of phenols is 1. The summed E-state index contributed by atoms with van der Waals surface area (Å²) in [5.41, 5.74) is 1.12. The number of aromatic hydroxyl groups is 1. The van der Waals surface area contributed by atoms with Crippen LogP contribution in [0.1, 0.15) is 24.1 Å². The largest absolute Gasteiger partial charge is 0.502 e. The fourth-order valence-electron chi connectivity index (χ4n) is 4.41. The van der Waals surface area contributed by atoms with Gasteiger partial charge in [0, 0.05) is 17.3 Å². The van der Waals surface area contributed by atoms with Gasteiger partial charge in [-0.2, -0.15) is 0 Å². The van der Waals surface area contributed by atoms with Gasteiger partial charge in [-0.15, -0.1) is 0 Å². The first kappa shape index (κ1) is 25.6. The van der Waals surface area contributed by atoms with Gasteiger partial charge in [-0.25, -0.2) is 4.99 Å². The SMILES string of the molecule is COc1cccc(C2C(C(=O)Nc3ccccc3)=C(C)N=c3sc(=Cc4cccc([N+](=O)[O-])c4O)c(=O)n32)c1. The predicted molar refractivity (Wildman–Crippen MR) is 147 cm³/mol. The van der Waals surface area contributed by atoms with Crippen LogP contribution in [0.2, 0.25) is 0 Å². The Labute approximate surface area is 225 Å². The first-order valence-electron chi connectivity index (χ1n) is 11.8. The lowest BCUT2D eigenvalue weighted by atomic mass is 9.95. The van der Waals surface area contributed by atoms with Gasteiger partial charge in [0.25, 0.3) is 11.5 Å². The Morgan fingerprint density at radius 3 is 2.62 bits per heavy atom. The Kier molecular flexibility index (Phi) is 6.82. The number of allylic oxidation sites excluding steroid dienone is 1. The molecule has 0 saturated heterocycles. The number of para-hydroxylation sites is 2. The molecule has 0 radical (unpaired) electrons. The summed E-state index contributed by atoms with van der Waals surface area (Å²) in [6.07, 6.45) is 1.39. The summed E-state index contributed by atoms with van der Waals surface area (Å²) >= 11 is 1.06. The van der Waals surface area contributed by atoms with Crippen molar-refractivity contribution < 1.29 is 19.6 Å². The molecule has 1 aliphatic heterocycles. The molecule has 1 unspecified atom stereocenters. The van der Waals surface area contributed by atoms with Crippen molar-refractivity contribution in [1.82, 2.24) is 4.57 Å². The highest BCUT2D eigenvalue weighted by Crippen LogP contribution is 2.33. The molecule has 11 heteroatoms. The highest BCUT2D eigenvalue weighted by molar-refractivity contribution is 7.07. The maximum absolute atomic E-state index is 13.8. The number of hydrogen-bond acceptors (Lipinski definition) is 8. The van der Waals surface area contributed by atoms with Gasteiger partial charge in [0.2, 0.25) is 5.75 Å². The van der Waals surface area contributed by atoms with Gasteiger partial charge < -0.3 is 15.2 Å².